The van der Waals surface area contributed by atoms with Gasteiger partial charge in [-0.3, -0.25) is 15.0 Å². The van der Waals surface area contributed by atoms with Crippen LogP contribution in [0, 0.1) is 0 Å². The van der Waals surface area contributed by atoms with Crippen molar-refractivity contribution in [2.45, 2.75) is 50.5 Å². The van der Waals surface area contributed by atoms with E-state index < -0.39 is 17.9 Å². The van der Waals surface area contributed by atoms with Gasteiger partial charge in [0.05, 0.1) is 19.3 Å². The summed E-state index contributed by atoms with van der Waals surface area (Å²) in [7, 11) is 1.89. The predicted octanol–water partition coefficient (Wildman–Crippen LogP) is 0.187. The van der Waals surface area contributed by atoms with Crippen LogP contribution < -0.4 is 11.1 Å². The maximum atomic E-state index is 11.8. The second-order valence-corrected chi connectivity index (χ2v) is 5.53. The zero-order chi connectivity index (χ0) is 14.8. The molecule has 20 heavy (non-hydrogen) atoms. The molecule has 1 aliphatic heterocycles. The van der Waals surface area contributed by atoms with E-state index >= 15 is 0 Å². The number of carbonyl (C=O) groups is 2. The van der Waals surface area contributed by atoms with Gasteiger partial charge in [0.25, 0.3) is 0 Å². The number of amides is 3. The third-order valence-corrected chi connectivity index (χ3v) is 4.34. The molecule has 3 amide bonds. The van der Waals surface area contributed by atoms with Crippen LogP contribution in [0.3, 0.4) is 0 Å². The third-order valence-electron chi connectivity index (χ3n) is 4.34. The van der Waals surface area contributed by atoms with Crippen LogP contribution in [-0.4, -0.2) is 55.0 Å². The average Bonchev–Trinajstić information content (AvgIpc) is 2.85. The molecular formula is C13H23N3O4. The summed E-state index contributed by atoms with van der Waals surface area (Å²) in [6.45, 7) is 3.10. The van der Waals surface area contributed by atoms with Crippen molar-refractivity contribution in [3.05, 3.63) is 0 Å². The molecule has 1 spiro atoms. The Morgan fingerprint density at radius 3 is 2.35 bits per heavy atom. The van der Waals surface area contributed by atoms with Crippen LogP contribution in [0.4, 0.5) is 4.79 Å². The molecule has 0 aromatic heterocycles. The van der Waals surface area contributed by atoms with Gasteiger partial charge in [0.1, 0.15) is 0 Å². The number of nitrogens with zero attached hydrogens (tertiary/aromatic N) is 1. The minimum absolute atomic E-state index is 0.280. The third kappa shape index (κ3) is 3.28. The quantitative estimate of drug-likeness (QED) is 0.772. The van der Waals surface area contributed by atoms with Crippen molar-refractivity contribution in [1.82, 2.24) is 10.2 Å². The van der Waals surface area contributed by atoms with Crippen LogP contribution in [-0.2, 0) is 14.3 Å². The molecule has 1 aliphatic carbocycles. The number of primary amides is 1. The molecule has 0 bridgehead atoms. The van der Waals surface area contributed by atoms with Gasteiger partial charge >= 0.3 is 6.03 Å². The normalized spacial score (nSPS) is 23.9. The second-order valence-electron chi connectivity index (χ2n) is 5.53. The topological polar surface area (TPSA) is 93.9 Å². The zero-order valence-electron chi connectivity index (χ0n) is 12.1. The summed E-state index contributed by atoms with van der Waals surface area (Å²) in [5.74, 6) is -0.760. The van der Waals surface area contributed by atoms with E-state index in [1.54, 1.807) is 6.92 Å². The Balaban J connectivity index is 1.86. The number of hydrogen-bond acceptors (Lipinski definition) is 5. The molecule has 7 heteroatoms. The first-order valence-electron chi connectivity index (χ1n) is 7.04. The fourth-order valence-electron chi connectivity index (χ4n) is 2.96. The fraction of sp³-hybridized carbons (Fsp3) is 0.846. The van der Waals surface area contributed by atoms with Gasteiger partial charge in [0, 0.05) is 18.9 Å². The van der Waals surface area contributed by atoms with Crippen LogP contribution >= 0.6 is 0 Å². The predicted molar refractivity (Wildman–Crippen MR) is 71.8 cm³/mol. The molecule has 114 valence electrons. The van der Waals surface area contributed by atoms with Crippen molar-refractivity contribution < 1.29 is 19.1 Å². The number of urea groups is 1. The maximum absolute atomic E-state index is 11.8. The molecule has 1 unspecified atom stereocenters. The molecule has 0 radical (unpaired) electrons. The molecule has 1 saturated heterocycles. The minimum atomic E-state index is -0.814. The lowest BCUT2D eigenvalue weighted by Gasteiger charge is -2.40. The van der Waals surface area contributed by atoms with Crippen molar-refractivity contribution in [3.63, 3.8) is 0 Å². The first-order chi connectivity index (χ1) is 9.43. The summed E-state index contributed by atoms with van der Waals surface area (Å²) in [4.78, 5) is 24.5. The van der Waals surface area contributed by atoms with Crippen molar-refractivity contribution in [3.8, 4) is 0 Å². The molecule has 0 aromatic carbocycles. The number of hydrogen-bond donors (Lipinski definition) is 2. The molecule has 1 atom stereocenters. The number of nitrogens with two attached hydrogens (primary N) is 1. The summed E-state index contributed by atoms with van der Waals surface area (Å²) in [5, 5.41) is 2.12. The average molecular weight is 285 g/mol. The number of ether oxygens (including phenoxy) is 2. The lowest BCUT2D eigenvalue weighted by Crippen LogP contribution is -2.52. The summed E-state index contributed by atoms with van der Waals surface area (Å²) < 4.78 is 11.4. The van der Waals surface area contributed by atoms with Gasteiger partial charge in [0.15, 0.2) is 5.79 Å². The molecule has 2 aliphatic rings. The molecule has 3 N–H and O–H groups in total. The number of rotatable bonds is 3. The number of imide groups is 1. The lowest BCUT2D eigenvalue weighted by molar-refractivity contribution is -0.184. The first kappa shape index (κ1) is 15.2. The summed E-state index contributed by atoms with van der Waals surface area (Å²) >= 11 is 0. The molecule has 0 aromatic rings. The minimum Gasteiger partial charge on any atom is -0.351 e. The summed E-state index contributed by atoms with van der Waals surface area (Å²) in [6.07, 6.45) is 3.49. The highest BCUT2D eigenvalue weighted by molar-refractivity contribution is 5.96. The molecule has 2 rings (SSSR count). The first-order valence-corrected chi connectivity index (χ1v) is 7.04. The van der Waals surface area contributed by atoms with Crippen molar-refractivity contribution in [1.29, 1.82) is 0 Å². The Morgan fingerprint density at radius 1 is 1.30 bits per heavy atom. The van der Waals surface area contributed by atoms with E-state index in [4.69, 9.17) is 15.2 Å². The molecule has 7 nitrogen and oxygen atoms in total. The van der Waals surface area contributed by atoms with Gasteiger partial charge in [0.2, 0.25) is 5.91 Å². The molecule has 2 fully saturated rings. The number of nitrogens with one attached hydrogen (secondary N) is 1. The molecule has 1 heterocycles. The number of likely N-dealkylation sites (N-methyl/N-ethyl adjacent to an activating group) is 1. The van der Waals surface area contributed by atoms with Gasteiger partial charge in [-0.1, -0.05) is 0 Å². The van der Waals surface area contributed by atoms with Crippen LogP contribution in [0.25, 0.3) is 0 Å². The Morgan fingerprint density at radius 2 is 1.85 bits per heavy atom. The van der Waals surface area contributed by atoms with Crippen molar-refractivity contribution in [2.75, 3.05) is 20.3 Å². The molecular weight excluding hydrogens is 262 g/mol. The van der Waals surface area contributed by atoms with E-state index in [9.17, 15) is 9.59 Å². The highest BCUT2D eigenvalue weighted by Gasteiger charge is 2.42. The maximum Gasteiger partial charge on any atom is 0.318 e. The SMILES string of the molecule is CC(C(=O)NC(N)=O)N(C)C1CCC2(CC1)OCCO2. The monoisotopic (exact) mass is 285 g/mol. The van der Waals surface area contributed by atoms with Crippen molar-refractivity contribution in [2.24, 2.45) is 5.73 Å². The second kappa shape index (κ2) is 6.07. The molecule has 1 saturated carbocycles. The van der Waals surface area contributed by atoms with E-state index in [0.29, 0.717) is 13.2 Å². The van der Waals surface area contributed by atoms with Crippen LogP contribution in [0.1, 0.15) is 32.6 Å². The van der Waals surface area contributed by atoms with Gasteiger partial charge in [-0.2, -0.15) is 0 Å². The number of carbonyl (C=O) groups excluding carboxylic acids is 2. The lowest BCUT2D eigenvalue weighted by atomic mass is 9.88. The smallest absolute Gasteiger partial charge is 0.318 e. The van der Waals surface area contributed by atoms with Crippen LogP contribution in [0.5, 0.6) is 0 Å². The fourth-order valence-corrected chi connectivity index (χ4v) is 2.96. The van der Waals surface area contributed by atoms with Crippen molar-refractivity contribution >= 4 is 11.9 Å². The highest BCUT2D eigenvalue weighted by atomic mass is 16.7. The van der Waals surface area contributed by atoms with E-state index in [-0.39, 0.29) is 11.9 Å². The zero-order valence-corrected chi connectivity index (χ0v) is 12.1. The van der Waals surface area contributed by atoms with E-state index in [2.05, 4.69) is 5.32 Å². The van der Waals surface area contributed by atoms with E-state index in [0.717, 1.165) is 25.7 Å². The van der Waals surface area contributed by atoms with E-state index in [1.807, 2.05) is 11.9 Å². The Bertz CT molecular complexity index is 372. The largest absolute Gasteiger partial charge is 0.351 e. The van der Waals surface area contributed by atoms with Crippen LogP contribution in [0.15, 0.2) is 0 Å². The Kier molecular flexibility index (Phi) is 4.62. The van der Waals surface area contributed by atoms with Gasteiger partial charge in [-0.05, 0) is 26.8 Å². The van der Waals surface area contributed by atoms with Gasteiger partial charge in [-0.15, -0.1) is 0 Å². The van der Waals surface area contributed by atoms with E-state index in [1.165, 1.54) is 0 Å². The standard InChI is InChI=1S/C13H23N3O4/c1-9(11(17)15-12(14)18)16(2)10-3-5-13(6-4-10)19-7-8-20-13/h9-10H,3-8H2,1-2H3,(H3,14,15,17,18). The Labute approximate surface area is 118 Å². The van der Waals surface area contributed by atoms with Crippen LogP contribution in [0.2, 0.25) is 0 Å². The summed E-state index contributed by atoms with van der Waals surface area (Å²) in [5.41, 5.74) is 4.97. The van der Waals surface area contributed by atoms with Gasteiger partial charge in [-0.25, -0.2) is 4.79 Å². The van der Waals surface area contributed by atoms with Gasteiger partial charge < -0.3 is 15.2 Å². The summed E-state index contributed by atoms with van der Waals surface area (Å²) in [6, 6.07) is -0.931. The highest BCUT2D eigenvalue weighted by Crippen LogP contribution is 2.37. The Hall–Kier alpha value is -1.18.